The van der Waals surface area contributed by atoms with Crippen molar-refractivity contribution in [2.24, 2.45) is 0 Å². The summed E-state index contributed by atoms with van der Waals surface area (Å²) in [6.07, 6.45) is 12.4. The molecule has 0 radical (unpaired) electrons. The van der Waals surface area contributed by atoms with E-state index >= 15 is 0 Å². The highest BCUT2D eigenvalue weighted by Crippen LogP contribution is 2.45. The average molecular weight is 555 g/mol. The Bertz CT molecular complexity index is 1110. The topological polar surface area (TPSA) is 122 Å². The molecule has 0 heterocycles. The summed E-state index contributed by atoms with van der Waals surface area (Å²) in [6.45, 7) is 11.3. The summed E-state index contributed by atoms with van der Waals surface area (Å²) in [5.41, 5.74) is 0.604. The van der Waals surface area contributed by atoms with Gasteiger partial charge in [0, 0.05) is 61.8 Å². The molecule has 0 bridgehead atoms. The zero-order chi connectivity index (χ0) is 29.7. The quantitative estimate of drug-likeness (QED) is 0.0897. The van der Waals surface area contributed by atoms with Gasteiger partial charge >= 0.3 is 0 Å². The molecule has 8 heteroatoms. The lowest BCUT2D eigenvalue weighted by molar-refractivity contribution is -0.113. The zero-order valence-corrected chi connectivity index (χ0v) is 24.4. The highest BCUT2D eigenvalue weighted by Gasteiger charge is 2.38. The van der Waals surface area contributed by atoms with Gasteiger partial charge in [0.25, 0.3) is 0 Å². The van der Waals surface area contributed by atoms with Crippen molar-refractivity contribution in [2.45, 2.75) is 79.1 Å². The largest absolute Gasteiger partial charge is 0.516 e. The van der Waals surface area contributed by atoms with Crippen molar-refractivity contribution in [1.82, 2.24) is 4.90 Å². The van der Waals surface area contributed by atoms with Gasteiger partial charge in [-0.25, -0.2) is 0 Å². The fourth-order valence-electron chi connectivity index (χ4n) is 4.61. The van der Waals surface area contributed by atoms with Crippen LogP contribution in [0.1, 0.15) is 84.6 Å². The van der Waals surface area contributed by atoms with Crippen molar-refractivity contribution in [3.05, 3.63) is 59.2 Å². The van der Waals surface area contributed by atoms with Crippen LogP contribution in [0.25, 0.3) is 5.57 Å². The van der Waals surface area contributed by atoms with E-state index in [0.29, 0.717) is 24.5 Å². The lowest BCUT2D eigenvalue weighted by atomic mass is 9.82. The van der Waals surface area contributed by atoms with Gasteiger partial charge in [0.15, 0.2) is 5.78 Å². The number of anilines is 1. The number of Topliss-reactive ketones (excluding diaryl/α,β-unsaturated/α-hetero) is 1. The van der Waals surface area contributed by atoms with E-state index in [0.717, 1.165) is 76.8 Å². The third kappa shape index (κ3) is 8.41. The Balaban J connectivity index is 2.37. The number of benzene rings is 1. The van der Waals surface area contributed by atoms with Crippen molar-refractivity contribution in [2.75, 3.05) is 31.1 Å². The number of aliphatic hydroxyl groups is 2. The number of unbranched alkanes of at least 4 members (excludes halogenated alkanes) is 4. The third-order valence-corrected chi connectivity index (χ3v) is 6.97. The molecule has 0 saturated carbocycles. The number of hydrogen-bond acceptors (Lipinski definition) is 8. The zero-order valence-electron chi connectivity index (χ0n) is 24.4. The predicted octanol–water partition coefficient (Wildman–Crippen LogP) is 6.71. The van der Waals surface area contributed by atoms with Gasteiger partial charge < -0.3 is 30.2 Å². The molecule has 0 saturated heterocycles. The smallest absolute Gasteiger partial charge is 0.201 e. The molecule has 0 aromatic heterocycles. The molecule has 1 aromatic carbocycles. The predicted molar refractivity (Wildman–Crippen MR) is 161 cm³/mol. The first kappa shape index (κ1) is 32.5. The van der Waals surface area contributed by atoms with Crippen molar-refractivity contribution >= 4 is 22.8 Å². The first-order valence-corrected chi connectivity index (χ1v) is 14.6. The molecule has 1 aliphatic rings. The van der Waals surface area contributed by atoms with Crippen LogP contribution in [0.15, 0.2) is 53.7 Å². The molecular formula is C32H46N2O6. The molecule has 40 heavy (non-hydrogen) atoms. The minimum absolute atomic E-state index is 0.147. The maximum Gasteiger partial charge on any atom is 0.201 e. The van der Waals surface area contributed by atoms with Crippen molar-refractivity contribution in [3.8, 4) is 11.5 Å². The highest BCUT2D eigenvalue weighted by atomic mass is 16.3. The number of allylic oxidation sites excluding steroid dienone is 5. The van der Waals surface area contributed by atoms with E-state index < -0.39 is 17.3 Å². The van der Waals surface area contributed by atoms with Crippen LogP contribution < -0.4 is 4.90 Å². The van der Waals surface area contributed by atoms with E-state index in [9.17, 15) is 30.0 Å². The van der Waals surface area contributed by atoms with E-state index in [1.165, 1.54) is 24.3 Å². The van der Waals surface area contributed by atoms with E-state index in [4.69, 9.17) is 0 Å². The number of phenolic OH excluding ortho intramolecular Hbond substituents is 2. The summed E-state index contributed by atoms with van der Waals surface area (Å²) in [5.74, 6) is -2.24. The summed E-state index contributed by atoms with van der Waals surface area (Å²) in [6, 6.07) is 3.00. The Morgan fingerprint density at radius 2 is 1.32 bits per heavy atom. The van der Waals surface area contributed by atoms with Crippen LogP contribution in [0.4, 0.5) is 5.69 Å². The normalized spacial score (nSPS) is 14.8. The third-order valence-electron chi connectivity index (χ3n) is 6.97. The SMILES string of the molecule is CCCCN(CCCC)C(/C=C/O)=C/C(=O)/C=C1/C(=O)C(c2c(O)cc(N(CCCC)CCCC)cc2O)=C1O. The van der Waals surface area contributed by atoms with E-state index in [1.54, 1.807) is 0 Å². The summed E-state index contributed by atoms with van der Waals surface area (Å²) in [4.78, 5) is 29.9. The molecule has 8 nitrogen and oxygen atoms in total. The molecule has 0 spiro atoms. The number of nitrogens with zero attached hydrogens (tertiary/aromatic N) is 2. The molecule has 2 rings (SSSR count). The Kier molecular flexibility index (Phi) is 13.4. The van der Waals surface area contributed by atoms with Crippen LogP contribution in [-0.2, 0) is 9.59 Å². The van der Waals surface area contributed by atoms with Crippen LogP contribution in [0, 0.1) is 0 Å². The van der Waals surface area contributed by atoms with Crippen LogP contribution >= 0.6 is 0 Å². The maximum absolute atomic E-state index is 13.0. The minimum atomic E-state index is -0.639. The fourth-order valence-corrected chi connectivity index (χ4v) is 4.61. The van der Waals surface area contributed by atoms with Crippen molar-refractivity contribution < 1.29 is 30.0 Å². The number of rotatable bonds is 18. The van der Waals surface area contributed by atoms with Gasteiger partial charge in [-0.15, -0.1) is 0 Å². The summed E-state index contributed by atoms with van der Waals surface area (Å²) in [7, 11) is 0. The summed E-state index contributed by atoms with van der Waals surface area (Å²) < 4.78 is 0. The number of aliphatic hydroxyl groups excluding tert-OH is 2. The molecule has 0 atom stereocenters. The lowest BCUT2D eigenvalue weighted by Gasteiger charge is -2.27. The Morgan fingerprint density at radius 3 is 1.77 bits per heavy atom. The second-order valence-corrected chi connectivity index (χ2v) is 10.1. The molecule has 0 fully saturated rings. The minimum Gasteiger partial charge on any atom is -0.516 e. The second kappa shape index (κ2) is 16.4. The van der Waals surface area contributed by atoms with Crippen molar-refractivity contribution in [3.63, 3.8) is 0 Å². The number of ketones is 2. The molecule has 1 aliphatic carbocycles. The van der Waals surface area contributed by atoms with Crippen LogP contribution in [0.5, 0.6) is 11.5 Å². The first-order valence-electron chi connectivity index (χ1n) is 14.6. The number of carbonyl (C=O) groups excluding carboxylic acids is 2. The van der Waals surface area contributed by atoms with Gasteiger partial charge in [0.2, 0.25) is 5.78 Å². The van der Waals surface area contributed by atoms with Crippen LogP contribution in [0.3, 0.4) is 0 Å². The van der Waals surface area contributed by atoms with Gasteiger partial charge in [0.05, 0.1) is 23.0 Å². The lowest BCUT2D eigenvalue weighted by Crippen LogP contribution is -2.26. The number of hydrogen-bond donors (Lipinski definition) is 4. The second-order valence-electron chi connectivity index (χ2n) is 10.1. The van der Waals surface area contributed by atoms with E-state index in [-0.39, 0.29) is 28.2 Å². The molecule has 220 valence electrons. The first-order chi connectivity index (χ1) is 19.2. The monoisotopic (exact) mass is 554 g/mol. The molecule has 0 aliphatic heterocycles. The van der Waals surface area contributed by atoms with Gasteiger partial charge in [-0.2, -0.15) is 0 Å². The Hall–Kier alpha value is -3.68. The van der Waals surface area contributed by atoms with Crippen LogP contribution in [0.2, 0.25) is 0 Å². The van der Waals surface area contributed by atoms with Gasteiger partial charge in [-0.05, 0) is 31.8 Å². The van der Waals surface area contributed by atoms with E-state index in [2.05, 4.69) is 32.6 Å². The molecular weight excluding hydrogens is 508 g/mol. The van der Waals surface area contributed by atoms with Crippen LogP contribution in [-0.4, -0.2) is 63.1 Å². The summed E-state index contributed by atoms with van der Waals surface area (Å²) >= 11 is 0. The number of aromatic hydroxyl groups is 2. The van der Waals surface area contributed by atoms with Gasteiger partial charge in [0.1, 0.15) is 17.3 Å². The molecule has 0 unspecified atom stereocenters. The van der Waals surface area contributed by atoms with Gasteiger partial charge in [-0.1, -0.05) is 53.4 Å². The molecule has 1 aromatic rings. The van der Waals surface area contributed by atoms with E-state index in [1.807, 2.05) is 4.90 Å². The average Bonchev–Trinajstić information content (AvgIpc) is 2.93. The molecule has 4 N–H and O–H groups in total. The Labute approximate surface area is 238 Å². The van der Waals surface area contributed by atoms with Gasteiger partial charge in [-0.3, -0.25) is 9.59 Å². The number of carbonyl (C=O) groups is 2. The fraction of sp³-hybridized carbons (Fsp3) is 0.500. The maximum atomic E-state index is 13.0. The number of phenols is 2. The Morgan fingerprint density at radius 1 is 0.825 bits per heavy atom. The highest BCUT2D eigenvalue weighted by molar-refractivity contribution is 6.40. The summed E-state index contributed by atoms with van der Waals surface area (Å²) in [5, 5.41) is 41.6. The standard InChI is InChI=1S/C32H46N2O6/c1-5-9-14-33(15-10-6-2)23(13-18-35)19-25(36)22-26-31(39)30(32(26)40)29-27(37)20-24(21-28(29)38)34(16-11-7-3)17-12-8-4/h13,18-22,35,37-39H,5-12,14-17H2,1-4H3/b18-13+,23-19+,26-22+. The molecule has 0 amide bonds. The van der Waals surface area contributed by atoms with Crippen molar-refractivity contribution in [1.29, 1.82) is 0 Å².